The number of para-hydroxylation sites is 1. The van der Waals surface area contributed by atoms with Crippen molar-refractivity contribution < 1.29 is 4.79 Å². The molecule has 0 aliphatic heterocycles. The van der Waals surface area contributed by atoms with E-state index in [4.69, 9.17) is 0 Å². The lowest BCUT2D eigenvalue weighted by Crippen LogP contribution is -2.15. The van der Waals surface area contributed by atoms with Gasteiger partial charge in [0, 0.05) is 22.2 Å². The lowest BCUT2D eigenvalue weighted by atomic mass is 10.0. The number of carbonyl (C=O) groups is 1. The van der Waals surface area contributed by atoms with Gasteiger partial charge in [-0.15, -0.1) is 21.5 Å². The van der Waals surface area contributed by atoms with Gasteiger partial charge in [-0.3, -0.25) is 9.20 Å². The van der Waals surface area contributed by atoms with Crippen LogP contribution in [0.4, 0.5) is 5.69 Å². The number of thioether (sulfide) groups is 1. The third-order valence-electron chi connectivity index (χ3n) is 5.65. The molecule has 0 unspecified atom stereocenters. The first-order valence-electron chi connectivity index (χ1n) is 11.0. The second kappa shape index (κ2) is 9.32. The van der Waals surface area contributed by atoms with Crippen molar-refractivity contribution in [1.82, 2.24) is 19.6 Å². The number of anilines is 1. The van der Waals surface area contributed by atoms with Gasteiger partial charge in [-0.1, -0.05) is 90.6 Å². The van der Waals surface area contributed by atoms with E-state index >= 15 is 0 Å². The van der Waals surface area contributed by atoms with Crippen molar-refractivity contribution in [2.24, 2.45) is 0 Å². The van der Waals surface area contributed by atoms with Crippen LogP contribution >= 0.6 is 23.1 Å². The van der Waals surface area contributed by atoms with E-state index in [1.54, 1.807) is 17.7 Å². The van der Waals surface area contributed by atoms with E-state index in [0.29, 0.717) is 5.16 Å². The van der Waals surface area contributed by atoms with E-state index in [1.807, 2.05) is 77.2 Å². The van der Waals surface area contributed by atoms with Crippen molar-refractivity contribution in [1.29, 1.82) is 0 Å². The zero-order valence-corrected chi connectivity index (χ0v) is 20.1. The molecule has 0 aliphatic carbocycles. The number of thiophene rings is 1. The van der Waals surface area contributed by atoms with Crippen LogP contribution in [0.5, 0.6) is 0 Å². The summed E-state index contributed by atoms with van der Waals surface area (Å²) in [6.45, 7) is 0. The van der Waals surface area contributed by atoms with Gasteiger partial charge in [0.2, 0.25) is 5.91 Å². The maximum absolute atomic E-state index is 12.8. The number of benzene rings is 3. The topological polar surface area (TPSA) is 72.2 Å². The van der Waals surface area contributed by atoms with Crippen molar-refractivity contribution in [3.8, 4) is 22.3 Å². The molecule has 3 heterocycles. The molecule has 0 saturated carbocycles. The first-order chi connectivity index (χ1) is 17.3. The monoisotopic (exact) mass is 493 g/mol. The highest BCUT2D eigenvalue weighted by molar-refractivity contribution is 7.99. The number of nitrogens with one attached hydrogen (secondary N) is 1. The van der Waals surface area contributed by atoms with E-state index in [1.165, 1.54) is 11.8 Å². The van der Waals surface area contributed by atoms with Crippen LogP contribution in [-0.2, 0) is 4.79 Å². The molecular formula is C27H19N5OS2. The van der Waals surface area contributed by atoms with Crippen molar-refractivity contribution in [2.45, 2.75) is 5.16 Å². The summed E-state index contributed by atoms with van der Waals surface area (Å²) in [5.41, 5.74) is 5.76. The van der Waals surface area contributed by atoms with Gasteiger partial charge in [-0.05, 0) is 17.2 Å². The zero-order valence-electron chi connectivity index (χ0n) is 18.5. The summed E-state index contributed by atoms with van der Waals surface area (Å²) < 4.78 is 1.86. The summed E-state index contributed by atoms with van der Waals surface area (Å²) >= 11 is 2.93. The molecule has 0 spiro atoms. The molecule has 1 amide bonds. The Labute approximate surface area is 209 Å². The highest BCUT2D eigenvalue weighted by Gasteiger charge is 2.17. The number of aromatic nitrogens is 4. The van der Waals surface area contributed by atoms with E-state index in [9.17, 15) is 4.79 Å². The Kier molecular flexibility index (Phi) is 5.73. The first kappa shape index (κ1) is 21.5. The van der Waals surface area contributed by atoms with Gasteiger partial charge in [0.1, 0.15) is 11.2 Å². The Morgan fingerprint density at radius 1 is 0.857 bits per heavy atom. The van der Waals surface area contributed by atoms with Crippen LogP contribution in [0.1, 0.15) is 0 Å². The zero-order chi connectivity index (χ0) is 23.6. The Balaban J connectivity index is 1.24. The minimum atomic E-state index is -0.107. The number of amides is 1. The maximum Gasteiger partial charge on any atom is 0.234 e. The van der Waals surface area contributed by atoms with Crippen molar-refractivity contribution in [3.05, 3.63) is 96.6 Å². The molecule has 6 aromatic rings. The summed E-state index contributed by atoms with van der Waals surface area (Å²) in [6.07, 6.45) is 1.73. The Bertz CT molecular complexity index is 1640. The second-order valence-corrected chi connectivity index (χ2v) is 9.67. The highest BCUT2D eigenvalue weighted by atomic mass is 32.2. The fourth-order valence-electron chi connectivity index (χ4n) is 4.03. The minimum absolute atomic E-state index is 0.107. The molecule has 3 aromatic carbocycles. The Morgan fingerprint density at radius 3 is 2.31 bits per heavy atom. The number of fused-ring (bicyclic) bond motifs is 3. The van der Waals surface area contributed by atoms with Crippen LogP contribution in [0.2, 0.25) is 0 Å². The standard InChI is InChI=1S/C27H19N5OS2/c33-23(29-22-14-8-7-13-20(22)18-9-3-1-4-10-18)16-35-27-31-30-25-24-21(19-11-5-2-6-12-19)15-34-26(24)28-17-32(25)27/h1-15,17H,16H2,(H,29,33). The molecule has 0 saturated heterocycles. The third-order valence-corrected chi connectivity index (χ3v) is 7.48. The molecular weight excluding hydrogens is 474 g/mol. The fourth-order valence-corrected chi connectivity index (χ4v) is 5.64. The van der Waals surface area contributed by atoms with Crippen molar-refractivity contribution in [3.63, 3.8) is 0 Å². The molecule has 0 bridgehead atoms. The van der Waals surface area contributed by atoms with Gasteiger partial charge in [0.25, 0.3) is 0 Å². The molecule has 0 aliphatic rings. The Hall–Kier alpha value is -4.01. The molecule has 170 valence electrons. The summed E-state index contributed by atoms with van der Waals surface area (Å²) in [6, 6.07) is 28.0. The first-order valence-corrected chi connectivity index (χ1v) is 12.9. The number of hydrogen-bond donors (Lipinski definition) is 1. The van der Waals surface area contributed by atoms with Gasteiger partial charge in [0.05, 0.1) is 11.1 Å². The SMILES string of the molecule is O=C(CSc1nnc2c3c(-c4ccccc4)csc3ncn12)Nc1ccccc1-c1ccccc1. The van der Waals surface area contributed by atoms with Crippen LogP contribution < -0.4 is 5.32 Å². The Morgan fingerprint density at radius 2 is 1.54 bits per heavy atom. The number of carbonyl (C=O) groups excluding carboxylic acids is 1. The lowest BCUT2D eigenvalue weighted by Gasteiger charge is -2.11. The van der Waals surface area contributed by atoms with Crippen LogP contribution in [0, 0.1) is 0 Å². The number of rotatable bonds is 6. The molecule has 6 nitrogen and oxygen atoms in total. The van der Waals surface area contributed by atoms with Gasteiger partial charge < -0.3 is 5.32 Å². The highest BCUT2D eigenvalue weighted by Crippen LogP contribution is 2.35. The van der Waals surface area contributed by atoms with E-state index in [0.717, 1.165) is 43.8 Å². The average Bonchev–Trinajstić information content (AvgIpc) is 3.53. The molecule has 35 heavy (non-hydrogen) atoms. The molecule has 0 fully saturated rings. The van der Waals surface area contributed by atoms with E-state index in [-0.39, 0.29) is 11.7 Å². The molecule has 6 rings (SSSR count). The molecule has 0 atom stereocenters. The molecule has 8 heteroatoms. The largest absolute Gasteiger partial charge is 0.325 e. The maximum atomic E-state index is 12.8. The fraction of sp³-hybridized carbons (Fsp3) is 0.0370. The van der Waals surface area contributed by atoms with E-state index in [2.05, 4.69) is 38.0 Å². The molecule has 1 N–H and O–H groups in total. The van der Waals surface area contributed by atoms with Crippen molar-refractivity contribution >= 4 is 50.6 Å². The van der Waals surface area contributed by atoms with Crippen LogP contribution in [0.3, 0.4) is 0 Å². The molecule has 3 aromatic heterocycles. The van der Waals surface area contributed by atoms with Gasteiger partial charge in [-0.2, -0.15) is 0 Å². The minimum Gasteiger partial charge on any atom is -0.325 e. The van der Waals surface area contributed by atoms with Gasteiger partial charge in [-0.25, -0.2) is 4.98 Å². The summed E-state index contributed by atoms with van der Waals surface area (Å²) in [5, 5.41) is 15.6. The van der Waals surface area contributed by atoms with Crippen LogP contribution in [0.15, 0.2) is 102 Å². The van der Waals surface area contributed by atoms with E-state index < -0.39 is 0 Å². The number of hydrogen-bond acceptors (Lipinski definition) is 6. The predicted octanol–water partition coefficient (Wildman–Crippen LogP) is 6.40. The van der Waals surface area contributed by atoms with Gasteiger partial charge in [0.15, 0.2) is 10.8 Å². The smallest absolute Gasteiger partial charge is 0.234 e. The van der Waals surface area contributed by atoms with Crippen LogP contribution in [-0.4, -0.2) is 31.2 Å². The van der Waals surface area contributed by atoms with Crippen molar-refractivity contribution in [2.75, 3.05) is 11.1 Å². The normalized spacial score (nSPS) is 11.2. The second-order valence-electron chi connectivity index (χ2n) is 7.86. The van der Waals surface area contributed by atoms with Crippen LogP contribution in [0.25, 0.3) is 38.1 Å². The third kappa shape index (κ3) is 4.18. The quantitative estimate of drug-likeness (QED) is 0.272. The summed E-state index contributed by atoms with van der Waals surface area (Å²) in [7, 11) is 0. The lowest BCUT2D eigenvalue weighted by molar-refractivity contribution is -0.113. The summed E-state index contributed by atoms with van der Waals surface area (Å²) in [5.74, 6) is 0.0987. The average molecular weight is 494 g/mol. The predicted molar refractivity (Wildman–Crippen MR) is 143 cm³/mol. The summed E-state index contributed by atoms with van der Waals surface area (Å²) in [4.78, 5) is 18.4. The number of nitrogens with zero attached hydrogens (tertiary/aromatic N) is 4. The molecule has 0 radical (unpaired) electrons. The van der Waals surface area contributed by atoms with Gasteiger partial charge >= 0.3 is 0 Å².